The first-order chi connectivity index (χ1) is 7.20. The zero-order chi connectivity index (χ0) is 10.8. The van der Waals surface area contributed by atoms with Gasteiger partial charge >= 0.3 is 6.03 Å². The van der Waals surface area contributed by atoms with Gasteiger partial charge in [-0.2, -0.15) is 4.99 Å². The molecule has 1 aliphatic carbocycles. The number of hydrogen-bond acceptors (Lipinski definition) is 2. The van der Waals surface area contributed by atoms with Crippen LogP contribution in [0.15, 0.2) is 9.98 Å². The summed E-state index contributed by atoms with van der Waals surface area (Å²) >= 11 is 1.75. The number of carbonyl (C=O) groups is 1. The lowest BCUT2D eigenvalue weighted by Gasteiger charge is -2.19. The van der Waals surface area contributed by atoms with Gasteiger partial charge in [-0.05, 0) is 25.7 Å². The molecule has 0 radical (unpaired) electrons. The minimum atomic E-state index is -0.297. The molecule has 0 saturated heterocycles. The number of aliphatic imine (C=N–C) groups is 2. The Morgan fingerprint density at radius 2 is 2.33 bits per heavy atom. The molecule has 1 fully saturated rings. The van der Waals surface area contributed by atoms with Gasteiger partial charge in [0.25, 0.3) is 0 Å². The maximum Gasteiger partial charge on any atom is 0.367 e. The van der Waals surface area contributed by atoms with E-state index in [-0.39, 0.29) is 6.03 Å². The number of nitrogens with zero attached hydrogens (tertiary/aromatic N) is 2. The van der Waals surface area contributed by atoms with Crippen molar-refractivity contribution in [1.82, 2.24) is 0 Å². The summed E-state index contributed by atoms with van der Waals surface area (Å²) in [6.45, 7) is 4.34. The van der Waals surface area contributed by atoms with Crippen LogP contribution in [-0.4, -0.2) is 22.0 Å². The topological polar surface area (TPSA) is 41.8 Å². The van der Waals surface area contributed by atoms with Gasteiger partial charge in [0.2, 0.25) is 0 Å². The van der Waals surface area contributed by atoms with Crippen LogP contribution in [0.25, 0.3) is 0 Å². The molecule has 0 bridgehead atoms. The Morgan fingerprint density at radius 1 is 1.53 bits per heavy atom. The Balaban J connectivity index is 2.13. The summed E-state index contributed by atoms with van der Waals surface area (Å²) in [5.41, 5.74) is 1.07. The molecule has 0 aromatic rings. The van der Waals surface area contributed by atoms with E-state index >= 15 is 0 Å². The van der Waals surface area contributed by atoms with Gasteiger partial charge in [0.05, 0.1) is 5.04 Å². The van der Waals surface area contributed by atoms with E-state index in [9.17, 15) is 4.79 Å². The Labute approximate surface area is 94.5 Å². The Bertz CT molecular complexity index is 335. The van der Waals surface area contributed by atoms with Crippen LogP contribution in [0.2, 0.25) is 0 Å². The van der Waals surface area contributed by atoms with Crippen molar-refractivity contribution in [2.45, 2.75) is 44.8 Å². The quantitative estimate of drug-likeness (QED) is 0.722. The number of urea groups is 1. The van der Waals surface area contributed by atoms with Crippen molar-refractivity contribution < 1.29 is 4.79 Å². The van der Waals surface area contributed by atoms with Crippen LogP contribution in [0.4, 0.5) is 4.79 Å². The molecule has 2 atom stereocenters. The largest absolute Gasteiger partial charge is 0.367 e. The summed E-state index contributed by atoms with van der Waals surface area (Å²) in [4.78, 5) is 19.4. The maximum atomic E-state index is 11.3. The standard InChI is InChI=1S/C11H16N2OS/c1-3-7(2)15-10-8-5-4-6-9(8)12-11(14)13-10/h7-8H,3-6H2,1-2H3. The van der Waals surface area contributed by atoms with E-state index in [0.717, 1.165) is 36.4 Å². The lowest BCUT2D eigenvalue weighted by Crippen LogP contribution is -2.23. The fourth-order valence-electron chi connectivity index (χ4n) is 1.95. The van der Waals surface area contributed by atoms with Crippen LogP contribution < -0.4 is 0 Å². The van der Waals surface area contributed by atoms with Crippen molar-refractivity contribution in [3.63, 3.8) is 0 Å². The smallest absolute Gasteiger partial charge is 0.244 e. The summed E-state index contributed by atoms with van der Waals surface area (Å²) < 4.78 is 0. The van der Waals surface area contributed by atoms with E-state index in [0.29, 0.717) is 11.2 Å². The van der Waals surface area contributed by atoms with Crippen LogP contribution in [-0.2, 0) is 0 Å². The van der Waals surface area contributed by atoms with Crippen LogP contribution in [0.3, 0.4) is 0 Å². The molecule has 2 rings (SSSR count). The number of thioether (sulfide) groups is 1. The molecular weight excluding hydrogens is 208 g/mol. The minimum Gasteiger partial charge on any atom is -0.244 e. The van der Waals surface area contributed by atoms with Crippen LogP contribution >= 0.6 is 11.8 Å². The Kier molecular flexibility index (Phi) is 3.24. The van der Waals surface area contributed by atoms with E-state index in [2.05, 4.69) is 23.8 Å². The summed E-state index contributed by atoms with van der Waals surface area (Å²) in [7, 11) is 0. The van der Waals surface area contributed by atoms with Crippen molar-refractivity contribution >= 4 is 28.5 Å². The van der Waals surface area contributed by atoms with Gasteiger partial charge in [0.1, 0.15) is 0 Å². The second kappa shape index (κ2) is 4.47. The minimum absolute atomic E-state index is 0.297. The van der Waals surface area contributed by atoms with E-state index in [4.69, 9.17) is 0 Å². The van der Waals surface area contributed by atoms with Crippen LogP contribution in [0, 0.1) is 5.92 Å². The average Bonchev–Trinajstić information content (AvgIpc) is 2.65. The highest BCUT2D eigenvalue weighted by atomic mass is 32.2. The van der Waals surface area contributed by atoms with Gasteiger partial charge in [-0.15, -0.1) is 11.8 Å². The third-order valence-electron chi connectivity index (χ3n) is 2.97. The van der Waals surface area contributed by atoms with Gasteiger partial charge in [-0.25, -0.2) is 9.79 Å². The molecule has 2 unspecified atom stereocenters. The van der Waals surface area contributed by atoms with Crippen molar-refractivity contribution in [3.05, 3.63) is 0 Å². The molecule has 82 valence electrons. The zero-order valence-corrected chi connectivity index (χ0v) is 10.0. The van der Waals surface area contributed by atoms with Gasteiger partial charge < -0.3 is 0 Å². The fraction of sp³-hybridized carbons (Fsp3) is 0.727. The first-order valence-corrected chi connectivity index (χ1v) is 6.45. The first kappa shape index (κ1) is 10.9. The normalized spacial score (nSPS) is 27.1. The Hall–Kier alpha value is -0.640. The maximum absolute atomic E-state index is 11.3. The van der Waals surface area contributed by atoms with E-state index < -0.39 is 0 Å². The number of rotatable bonds is 2. The number of fused-ring (bicyclic) bond motifs is 1. The molecule has 0 N–H and O–H groups in total. The zero-order valence-electron chi connectivity index (χ0n) is 9.19. The molecular formula is C11H16N2OS. The molecule has 0 spiro atoms. The summed E-state index contributed by atoms with van der Waals surface area (Å²) in [6, 6.07) is -0.297. The number of amides is 2. The predicted octanol–water partition coefficient (Wildman–Crippen LogP) is 3.29. The van der Waals surface area contributed by atoms with Gasteiger partial charge in [-0.3, -0.25) is 0 Å². The van der Waals surface area contributed by atoms with E-state index in [1.807, 2.05) is 0 Å². The highest BCUT2D eigenvalue weighted by molar-refractivity contribution is 8.14. The van der Waals surface area contributed by atoms with Gasteiger partial charge in [0, 0.05) is 16.9 Å². The average molecular weight is 224 g/mol. The van der Waals surface area contributed by atoms with Crippen molar-refractivity contribution in [1.29, 1.82) is 0 Å². The summed E-state index contributed by atoms with van der Waals surface area (Å²) in [5.74, 6) is 0.363. The predicted molar refractivity (Wildman–Crippen MR) is 65.0 cm³/mol. The highest BCUT2D eigenvalue weighted by Crippen LogP contribution is 2.33. The molecule has 4 heteroatoms. The number of hydrogen-bond donors (Lipinski definition) is 0. The monoisotopic (exact) mass is 224 g/mol. The molecule has 15 heavy (non-hydrogen) atoms. The molecule has 0 aromatic carbocycles. The molecule has 1 saturated carbocycles. The Morgan fingerprint density at radius 3 is 3.07 bits per heavy atom. The molecule has 2 amide bonds. The fourth-order valence-corrected chi connectivity index (χ4v) is 3.07. The molecule has 3 nitrogen and oxygen atoms in total. The van der Waals surface area contributed by atoms with E-state index in [1.54, 1.807) is 11.8 Å². The first-order valence-electron chi connectivity index (χ1n) is 5.57. The number of carbonyl (C=O) groups excluding carboxylic acids is 1. The lowest BCUT2D eigenvalue weighted by molar-refractivity contribution is 0.256. The van der Waals surface area contributed by atoms with Gasteiger partial charge in [0.15, 0.2) is 0 Å². The second-order valence-corrected chi connectivity index (χ2v) is 5.58. The molecule has 1 heterocycles. The summed E-state index contributed by atoms with van der Waals surface area (Å²) in [5, 5.41) is 1.55. The van der Waals surface area contributed by atoms with Crippen molar-refractivity contribution in [2.24, 2.45) is 15.9 Å². The third-order valence-corrected chi connectivity index (χ3v) is 4.32. The van der Waals surface area contributed by atoms with Crippen molar-refractivity contribution in [2.75, 3.05) is 0 Å². The lowest BCUT2D eigenvalue weighted by atomic mass is 10.1. The van der Waals surface area contributed by atoms with Gasteiger partial charge in [-0.1, -0.05) is 13.8 Å². The van der Waals surface area contributed by atoms with Crippen LogP contribution in [0.1, 0.15) is 39.5 Å². The summed E-state index contributed by atoms with van der Waals surface area (Å²) in [6.07, 6.45) is 4.36. The van der Waals surface area contributed by atoms with Crippen molar-refractivity contribution in [3.8, 4) is 0 Å². The van der Waals surface area contributed by atoms with Crippen LogP contribution in [0.5, 0.6) is 0 Å². The SMILES string of the molecule is CCC(C)SC1=NC(=O)N=C2CCCC21. The molecule has 2 aliphatic rings. The molecule has 0 aromatic heterocycles. The highest BCUT2D eigenvalue weighted by Gasteiger charge is 2.32. The second-order valence-electron chi connectivity index (χ2n) is 4.12. The third kappa shape index (κ3) is 2.30. The van der Waals surface area contributed by atoms with E-state index in [1.165, 1.54) is 0 Å². The molecule has 1 aliphatic heterocycles.